The van der Waals surface area contributed by atoms with E-state index in [1.54, 1.807) is 0 Å². The minimum absolute atomic E-state index is 0.747. The Kier molecular flexibility index (Phi) is 2.36. The van der Waals surface area contributed by atoms with Crippen molar-refractivity contribution in [3.63, 3.8) is 0 Å². The second-order valence-electron chi connectivity index (χ2n) is 3.92. The van der Waals surface area contributed by atoms with Crippen LogP contribution in [0.2, 0.25) is 0 Å². The van der Waals surface area contributed by atoms with Crippen molar-refractivity contribution in [3.8, 4) is 0 Å². The molecule has 0 amide bonds. The van der Waals surface area contributed by atoms with Crippen molar-refractivity contribution >= 4 is 0 Å². The molecule has 0 bridgehead atoms. The Hall–Kier alpha value is -0.830. The van der Waals surface area contributed by atoms with E-state index in [0.29, 0.717) is 0 Å². The Morgan fingerprint density at radius 1 is 1.62 bits per heavy atom. The van der Waals surface area contributed by atoms with E-state index in [0.717, 1.165) is 24.1 Å². The van der Waals surface area contributed by atoms with E-state index in [-0.39, 0.29) is 0 Å². The van der Waals surface area contributed by atoms with E-state index >= 15 is 0 Å². The molecular formula is C10H17N3. The summed E-state index contributed by atoms with van der Waals surface area (Å²) in [5.41, 5.74) is 1.10. The van der Waals surface area contributed by atoms with Crippen LogP contribution in [0.5, 0.6) is 0 Å². The highest BCUT2D eigenvalue weighted by Crippen LogP contribution is 2.18. The maximum atomic E-state index is 4.44. The van der Waals surface area contributed by atoms with E-state index in [2.05, 4.69) is 28.1 Å². The van der Waals surface area contributed by atoms with Crippen molar-refractivity contribution in [2.75, 3.05) is 0 Å². The van der Waals surface area contributed by atoms with Gasteiger partial charge in [-0.1, -0.05) is 6.42 Å². The van der Waals surface area contributed by atoms with Gasteiger partial charge in [0.1, 0.15) is 5.82 Å². The van der Waals surface area contributed by atoms with Gasteiger partial charge in [-0.05, 0) is 19.8 Å². The van der Waals surface area contributed by atoms with Crippen LogP contribution >= 0.6 is 0 Å². The Morgan fingerprint density at radius 3 is 2.85 bits per heavy atom. The Balaban J connectivity index is 1.89. The SMILES string of the molecule is Cc1cn(C)c(CNC2CCC2)n1. The molecule has 0 atom stereocenters. The van der Waals surface area contributed by atoms with Gasteiger partial charge < -0.3 is 9.88 Å². The summed E-state index contributed by atoms with van der Waals surface area (Å²) in [4.78, 5) is 4.44. The van der Waals surface area contributed by atoms with E-state index in [4.69, 9.17) is 0 Å². The molecule has 0 unspecified atom stereocenters. The fourth-order valence-electron chi connectivity index (χ4n) is 1.68. The number of aryl methyl sites for hydroxylation is 2. The summed E-state index contributed by atoms with van der Waals surface area (Å²) in [6, 6.07) is 0.747. The standard InChI is InChI=1S/C10H17N3/c1-8-7-13(2)10(12-8)6-11-9-4-3-5-9/h7,9,11H,3-6H2,1-2H3. The molecule has 1 N–H and O–H groups in total. The lowest BCUT2D eigenvalue weighted by Crippen LogP contribution is -2.35. The van der Waals surface area contributed by atoms with Gasteiger partial charge in [0.2, 0.25) is 0 Å². The number of hydrogen-bond acceptors (Lipinski definition) is 2. The van der Waals surface area contributed by atoms with Crippen molar-refractivity contribution in [1.82, 2.24) is 14.9 Å². The van der Waals surface area contributed by atoms with Crippen molar-refractivity contribution in [2.45, 2.75) is 38.8 Å². The van der Waals surface area contributed by atoms with E-state index in [1.807, 2.05) is 6.92 Å². The number of aromatic nitrogens is 2. The van der Waals surface area contributed by atoms with Gasteiger partial charge in [-0.2, -0.15) is 0 Å². The summed E-state index contributed by atoms with van der Waals surface area (Å²) >= 11 is 0. The number of nitrogens with one attached hydrogen (secondary N) is 1. The zero-order chi connectivity index (χ0) is 9.26. The highest BCUT2D eigenvalue weighted by molar-refractivity contribution is 5.01. The first-order valence-corrected chi connectivity index (χ1v) is 4.98. The second-order valence-corrected chi connectivity index (χ2v) is 3.92. The molecule has 2 rings (SSSR count). The smallest absolute Gasteiger partial charge is 0.122 e. The fraction of sp³-hybridized carbons (Fsp3) is 0.700. The molecule has 1 aromatic heterocycles. The minimum atomic E-state index is 0.747. The third kappa shape index (κ3) is 1.91. The van der Waals surface area contributed by atoms with Crippen molar-refractivity contribution in [3.05, 3.63) is 17.7 Å². The lowest BCUT2D eigenvalue weighted by atomic mass is 9.93. The van der Waals surface area contributed by atoms with Crippen LogP contribution in [0.4, 0.5) is 0 Å². The van der Waals surface area contributed by atoms with E-state index in [1.165, 1.54) is 19.3 Å². The summed E-state index contributed by atoms with van der Waals surface area (Å²) in [7, 11) is 2.05. The van der Waals surface area contributed by atoms with Crippen LogP contribution in [0, 0.1) is 6.92 Å². The normalized spacial score (nSPS) is 17.4. The number of rotatable bonds is 3. The molecule has 0 radical (unpaired) electrons. The summed E-state index contributed by atoms with van der Waals surface area (Å²) in [5, 5.41) is 3.51. The predicted molar refractivity (Wildman–Crippen MR) is 52.4 cm³/mol. The summed E-state index contributed by atoms with van der Waals surface area (Å²) in [6.45, 7) is 2.95. The average molecular weight is 179 g/mol. The minimum Gasteiger partial charge on any atom is -0.337 e. The molecule has 1 aliphatic carbocycles. The first kappa shape index (κ1) is 8.75. The van der Waals surface area contributed by atoms with Crippen molar-refractivity contribution in [1.29, 1.82) is 0 Å². The van der Waals surface area contributed by atoms with Gasteiger partial charge in [0.25, 0.3) is 0 Å². The second kappa shape index (κ2) is 3.50. The van der Waals surface area contributed by atoms with E-state index < -0.39 is 0 Å². The molecule has 1 saturated carbocycles. The predicted octanol–water partition coefficient (Wildman–Crippen LogP) is 1.37. The average Bonchev–Trinajstić information content (AvgIpc) is 2.27. The van der Waals surface area contributed by atoms with Crippen LogP contribution < -0.4 is 5.32 Å². The fourth-order valence-corrected chi connectivity index (χ4v) is 1.68. The van der Waals surface area contributed by atoms with Crippen molar-refractivity contribution in [2.24, 2.45) is 7.05 Å². The molecule has 0 aromatic carbocycles. The Morgan fingerprint density at radius 2 is 2.38 bits per heavy atom. The zero-order valence-electron chi connectivity index (χ0n) is 8.38. The lowest BCUT2D eigenvalue weighted by Gasteiger charge is -2.26. The third-order valence-corrected chi connectivity index (χ3v) is 2.75. The molecule has 0 saturated heterocycles. The monoisotopic (exact) mass is 179 g/mol. The van der Waals surface area contributed by atoms with Gasteiger partial charge in [0.15, 0.2) is 0 Å². The van der Waals surface area contributed by atoms with Gasteiger partial charge in [-0.15, -0.1) is 0 Å². The first-order chi connectivity index (χ1) is 6.25. The molecule has 3 nitrogen and oxygen atoms in total. The van der Waals surface area contributed by atoms with Crippen molar-refractivity contribution < 1.29 is 0 Å². The Bertz CT molecular complexity index is 286. The number of nitrogens with zero attached hydrogens (tertiary/aromatic N) is 2. The summed E-state index contributed by atoms with van der Waals surface area (Å²) in [5.74, 6) is 1.14. The van der Waals surface area contributed by atoms with Crippen LogP contribution in [0.25, 0.3) is 0 Å². The summed E-state index contributed by atoms with van der Waals surface area (Å²) in [6.07, 6.45) is 6.13. The van der Waals surface area contributed by atoms with Gasteiger partial charge >= 0.3 is 0 Å². The van der Waals surface area contributed by atoms with Crippen LogP contribution in [0.3, 0.4) is 0 Å². The quantitative estimate of drug-likeness (QED) is 0.759. The van der Waals surface area contributed by atoms with Gasteiger partial charge in [0.05, 0.1) is 12.2 Å². The van der Waals surface area contributed by atoms with Crippen LogP contribution in [-0.4, -0.2) is 15.6 Å². The lowest BCUT2D eigenvalue weighted by molar-refractivity contribution is 0.334. The third-order valence-electron chi connectivity index (χ3n) is 2.75. The van der Waals surface area contributed by atoms with Gasteiger partial charge in [0, 0.05) is 19.3 Å². The molecule has 3 heteroatoms. The zero-order valence-corrected chi connectivity index (χ0v) is 8.38. The maximum absolute atomic E-state index is 4.44. The molecular weight excluding hydrogens is 162 g/mol. The topological polar surface area (TPSA) is 29.9 Å². The first-order valence-electron chi connectivity index (χ1n) is 4.98. The highest BCUT2D eigenvalue weighted by atomic mass is 15.1. The molecule has 0 spiro atoms. The van der Waals surface area contributed by atoms with Crippen LogP contribution in [-0.2, 0) is 13.6 Å². The maximum Gasteiger partial charge on any atom is 0.122 e. The van der Waals surface area contributed by atoms with Crippen LogP contribution in [0.1, 0.15) is 30.8 Å². The summed E-state index contributed by atoms with van der Waals surface area (Å²) < 4.78 is 2.10. The largest absolute Gasteiger partial charge is 0.337 e. The van der Waals surface area contributed by atoms with E-state index in [9.17, 15) is 0 Å². The Labute approximate surface area is 79.2 Å². The highest BCUT2D eigenvalue weighted by Gasteiger charge is 2.16. The molecule has 13 heavy (non-hydrogen) atoms. The number of imidazole rings is 1. The molecule has 72 valence electrons. The number of hydrogen-bond donors (Lipinski definition) is 1. The van der Waals surface area contributed by atoms with Gasteiger partial charge in [-0.25, -0.2) is 4.98 Å². The molecule has 1 heterocycles. The molecule has 0 aliphatic heterocycles. The van der Waals surface area contributed by atoms with Gasteiger partial charge in [-0.3, -0.25) is 0 Å². The molecule has 1 aromatic rings. The molecule has 1 fully saturated rings. The molecule has 1 aliphatic rings. The van der Waals surface area contributed by atoms with Crippen LogP contribution in [0.15, 0.2) is 6.20 Å².